The molecule has 1 N–H and O–H groups in total. The highest BCUT2D eigenvalue weighted by Crippen LogP contribution is 2.34. The molecule has 5 nitrogen and oxygen atoms in total. The Hall–Kier alpha value is -2.21. The number of rotatable bonds is 10. The SMILES string of the molecule is COc1cc(CNCCCn2ccnc2)c(Cl)cc1OCc1cccc(Cl)c1. The Balaban J connectivity index is 1.54. The number of benzene rings is 2. The van der Waals surface area contributed by atoms with E-state index in [1.54, 1.807) is 19.4 Å². The Labute approximate surface area is 175 Å². The van der Waals surface area contributed by atoms with Crippen molar-refractivity contribution >= 4 is 23.2 Å². The summed E-state index contributed by atoms with van der Waals surface area (Å²) < 4.78 is 13.4. The minimum absolute atomic E-state index is 0.388. The van der Waals surface area contributed by atoms with E-state index in [1.165, 1.54) is 0 Å². The molecule has 0 fully saturated rings. The number of methoxy groups -OCH3 is 1. The smallest absolute Gasteiger partial charge is 0.163 e. The van der Waals surface area contributed by atoms with Crippen molar-refractivity contribution in [2.24, 2.45) is 0 Å². The van der Waals surface area contributed by atoms with Gasteiger partial charge in [0.25, 0.3) is 0 Å². The van der Waals surface area contributed by atoms with Crippen molar-refractivity contribution in [3.8, 4) is 11.5 Å². The zero-order chi connectivity index (χ0) is 19.8. The summed E-state index contributed by atoms with van der Waals surface area (Å²) in [5.41, 5.74) is 1.95. The summed E-state index contributed by atoms with van der Waals surface area (Å²) in [6.07, 6.45) is 6.58. The molecule has 148 valence electrons. The fourth-order valence-electron chi connectivity index (χ4n) is 2.80. The summed E-state index contributed by atoms with van der Waals surface area (Å²) in [4.78, 5) is 4.04. The third-order valence-corrected chi connectivity index (χ3v) is 4.85. The molecule has 0 radical (unpaired) electrons. The second-order valence-corrected chi connectivity index (χ2v) is 7.19. The van der Waals surface area contributed by atoms with Crippen LogP contribution in [0.3, 0.4) is 0 Å². The predicted octanol–water partition coefficient (Wildman–Crippen LogP) is 4.96. The van der Waals surface area contributed by atoms with Crippen LogP contribution in [0.5, 0.6) is 11.5 Å². The Bertz CT molecular complexity index is 885. The third kappa shape index (κ3) is 5.89. The molecule has 0 spiro atoms. The van der Waals surface area contributed by atoms with E-state index in [9.17, 15) is 0 Å². The molecular formula is C21H23Cl2N3O2. The molecule has 1 heterocycles. The topological polar surface area (TPSA) is 48.3 Å². The van der Waals surface area contributed by atoms with Gasteiger partial charge in [-0.3, -0.25) is 0 Å². The first-order chi connectivity index (χ1) is 13.7. The summed E-state index contributed by atoms with van der Waals surface area (Å²) in [6, 6.07) is 11.3. The summed E-state index contributed by atoms with van der Waals surface area (Å²) in [7, 11) is 1.62. The molecule has 28 heavy (non-hydrogen) atoms. The molecule has 0 aliphatic heterocycles. The lowest BCUT2D eigenvalue weighted by atomic mass is 10.2. The van der Waals surface area contributed by atoms with Crippen LogP contribution in [0.2, 0.25) is 10.0 Å². The fraction of sp³-hybridized carbons (Fsp3) is 0.286. The molecular weight excluding hydrogens is 397 g/mol. The number of halogens is 2. The minimum Gasteiger partial charge on any atom is -0.493 e. The number of aryl methyl sites for hydroxylation is 1. The van der Waals surface area contributed by atoms with E-state index >= 15 is 0 Å². The first-order valence-electron chi connectivity index (χ1n) is 9.06. The van der Waals surface area contributed by atoms with Gasteiger partial charge in [-0.1, -0.05) is 35.3 Å². The van der Waals surface area contributed by atoms with Gasteiger partial charge < -0.3 is 19.4 Å². The van der Waals surface area contributed by atoms with Crippen molar-refractivity contribution in [2.45, 2.75) is 26.1 Å². The number of imidazole rings is 1. The molecule has 7 heteroatoms. The standard InChI is InChI=1S/C21H23Cl2N3O2/c1-27-20-11-17(13-24-6-3-8-26-9-7-25-15-26)19(23)12-21(20)28-14-16-4-2-5-18(22)10-16/h2,4-5,7,9-12,15,24H,3,6,8,13-14H2,1H3. The first-order valence-corrected chi connectivity index (χ1v) is 9.81. The van der Waals surface area contributed by atoms with Crippen LogP contribution in [0.15, 0.2) is 55.1 Å². The van der Waals surface area contributed by atoms with Crippen LogP contribution in [0.1, 0.15) is 17.5 Å². The molecule has 0 saturated carbocycles. The van der Waals surface area contributed by atoms with Gasteiger partial charge in [-0.05, 0) is 42.3 Å². The van der Waals surface area contributed by atoms with Gasteiger partial charge in [0.15, 0.2) is 11.5 Å². The largest absolute Gasteiger partial charge is 0.493 e. The number of aromatic nitrogens is 2. The zero-order valence-electron chi connectivity index (χ0n) is 15.7. The van der Waals surface area contributed by atoms with Gasteiger partial charge in [0, 0.05) is 41.6 Å². The number of nitrogens with one attached hydrogen (secondary N) is 1. The Morgan fingerprint density at radius 3 is 2.79 bits per heavy atom. The number of hydrogen-bond acceptors (Lipinski definition) is 4. The van der Waals surface area contributed by atoms with E-state index in [0.717, 1.165) is 30.6 Å². The van der Waals surface area contributed by atoms with Gasteiger partial charge in [-0.15, -0.1) is 0 Å². The molecule has 3 aromatic rings. The Kier molecular flexibility index (Phi) is 7.60. The van der Waals surface area contributed by atoms with E-state index in [1.807, 2.05) is 42.9 Å². The molecule has 0 unspecified atom stereocenters. The van der Waals surface area contributed by atoms with Crippen molar-refractivity contribution in [1.82, 2.24) is 14.9 Å². The van der Waals surface area contributed by atoms with E-state index in [0.29, 0.717) is 34.7 Å². The average molecular weight is 420 g/mol. The van der Waals surface area contributed by atoms with Gasteiger partial charge in [0.1, 0.15) is 6.61 Å². The normalized spacial score (nSPS) is 10.8. The first kappa shape index (κ1) is 20.5. The van der Waals surface area contributed by atoms with E-state index in [2.05, 4.69) is 14.9 Å². The van der Waals surface area contributed by atoms with Crippen LogP contribution in [-0.4, -0.2) is 23.2 Å². The van der Waals surface area contributed by atoms with Gasteiger partial charge in [0.05, 0.1) is 13.4 Å². The second kappa shape index (κ2) is 10.4. The minimum atomic E-state index is 0.388. The highest BCUT2D eigenvalue weighted by atomic mass is 35.5. The van der Waals surface area contributed by atoms with Crippen molar-refractivity contribution in [3.63, 3.8) is 0 Å². The average Bonchev–Trinajstić information content (AvgIpc) is 3.21. The van der Waals surface area contributed by atoms with Crippen LogP contribution in [0, 0.1) is 0 Å². The lowest BCUT2D eigenvalue weighted by Crippen LogP contribution is -2.16. The summed E-state index contributed by atoms with van der Waals surface area (Å²) in [5, 5.41) is 4.73. The fourth-order valence-corrected chi connectivity index (χ4v) is 3.23. The highest BCUT2D eigenvalue weighted by Gasteiger charge is 2.11. The Morgan fingerprint density at radius 1 is 1.14 bits per heavy atom. The highest BCUT2D eigenvalue weighted by molar-refractivity contribution is 6.31. The monoisotopic (exact) mass is 419 g/mol. The molecule has 0 atom stereocenters. The van der Waals surface area contributed by atoms with Crippen molar-refractivity contribution in [3.05, 3.63) is 76.3 Å². The molecule has 1 aromatic heterocycles. The van der Waals surface area contributed by atoms with Crippen LogP contribution in [-0.2, 0) is 19.7 Å². The molecule has 0 aliphatic rings. The van der Waals surface area contributed by atoms with Crippen LogP contribution in [0.4, 0.5) is 0 Å². The molecule has 0 bridgehead atoms. The van der Waals surface area contributed by atoms with Gasteiger partial charge in [-0.2, -0.15) is 0 Å². The lowest BCUT2D eigenvalue weighted by Gasteiger charge is -2.14. The number of nitrogens with zero attached hydrogens (tertiary/aromatic N) is 2. The molecule has 0 saturated heterocycles. The summed E-state index contributed by atoms with van der Waals surface area (Å²) >= 11 is 12.5. The maximum Gasteiger partial charge on any atom is 0.163 e. The van der Waals surface area contributed by atoms with E-state index < -0.39 is 0 Å². The maximum atomic E-state index is 6.45. The van der Waals surface area contributed by atoms with Crippen LogP contribution >= 0.6 is 23.2 Å². The van der Waals surface area contributed by atoms with Gasteiger partial charge >= 0.3 is 0 Å². The number of hydrogen-bond donors (Lipinski definition) is 1. The van der Waals surface area contributed by atoms with Crippen LogP contribution < -0.4 is 14.8 Å². The van der Waals surface area contributed by atoms with Crippen molar-refractivity contribution in [1.29, 1.82) is 0 Å². The Morgan fingerprint density at radius 2 is 2.04 bits per heavy atom. The molecule has 2 aromatic carbocycles. The van der Waals surface area contributed by atoms with Crippen molar-refractivity contribution < 1.29 is 9.47 Å². The van der Waals surface area contributed by atoms with E-state index in [4.69, 9.17) is 32.7 Å². The molecule has 0 amide bonds. The lowest BCUT2D eigenvalue weighted by molar-refractivity contribution is 0.284. The van der Waals surface area contributed by atoms with Gasteiger partial charge in [0.2, 0.25) is 0 Å². The van der Waals surface area contributed by atoms with Gasteiger partial charge in [-0.25, -0.2) is 4.98 Å². The number of ether oxygens (including phenoxy) is 2. The van der Waals surface area contributed by atoms with Crippen LogP contribution in [0.25, 0.3) is 0 Å². The molecule has 3 rings (SSSR count). The second-order valence-electron chi connectivity index (χ2n) is 6.34. The quantitative estimate of drug-likeness (QED) is 0.471. The molecule has 0 aliphatic carbocycles. The van der Waals surface area contributed by atoms with E-state index in [-0.39, 0.29) is 0 Å². The predicted molar refractivity (Wildman–Crippen MR) is 112 cm³/mol. The van der Waals surface area contributed by atoms with Crippen molar-refractivity contribution in [2.75, 3.05) is 13.7 Å². The maximum absolute atomic E-state index is 6.45. The zero-order valence-corrected chi connectivity index (χ0v) is 17.2. The summed E-state index contributed by atoms with van der Waals surface area (Å²) in [6.45, 7) is 2.86. The third-order valence-electron chi connectivity index (χ3n) is 4.26. The summed E-state index contributed by atoms with van der Waals surface area (Å²) in [5.74, 6) is 1.26.